The molecule has 0 bridgehead atoms. The molecule has 1 heterocycles. The van der Waals surface area contributed by atoms with Crippen LogP contribution in [0, 0.1) is 5.82 Å². The van der Waals surface area contributed by atoms with Crippen LogP contribution in [-0.4, -0.2) is 13.4 Å². The number of sulfonamides is 1. The molecule has 0 aliphatic heterocycles. The molecule has 0 atom stereocenters. The summed E-state index contributed by atoms with van der Waals surface area (Å²) in [6.07, 6.45) is 1.56. The van der Waals surface area contributed by atoms with Crippen molar-refractivity contribution in [1.29, 1.82) is 0 Å². The zero-order valence-electron chi connectivity index (χ0n) is 15.0. The van der Waals surface area contributed by atoms with Crippen LogP contribution in [0.3, 0.4) is 0 Å². The molecule has 7 heteroatoms. The number of pyridine rings is 1. The Balaban J connectivity index is 1.75. The smallest absolute Gasteiger partial charge is 0.263 e. The third kappa shape index (κ3) is 4.62. The van der Waals surface area contributed by atoms with E-state index in [1.165, 1.54) is 17.7 Å². The van der Waals surface area contributed by atoms with Crippen LogP contribution >= 0.6 is 0 Å². The summed E-state index contributed by atoms with van der Waals surface area (Å²) >= 11 is 0. The van der Waals surface area contributed by atoms with Crippen molar-refractivity contribution in [3.8, 4) is 0 Å². The quantitative estimate of drug-likeness (QED) is 0.634. The van der Waals surface area contributed by atoms with E-state index in [1.807, 2.05) is 18.2 Å². The molecular formula is C20H20FN3O2S. The van der Waals surface area contributed by atoms with Crippen LogP contribution in [0.4, 0.5) is 21.6 Å². The maximum atomic E-state index is 13.0. The van der Waals surface area contributed by atoms with Gasteiger partial charge in [0.1, 0.15) is 11.6 Å². The second-order valence-electron chi connectivity index (χ2n) is 6.36. The van der Waals surface area contributed by atoms with Gasteiger partial charge >= 0.3 is 0 Å². The third-order valence-electron chi connectivity index (χ3n) is 3.99. The van der Waals surface area contributed by atoms with E-state index in [0.29, 0.717) is 5.92 Å². The van der Waals surface area contributed by atoms with Crippen molar-refractivity contribution >= 4 is 27.2 Å². The van der Waals surface area contributed by atoms with Crippen molar-refractivity contribution in [3.63, 3.8) is 0 Å². The average molecular weight is 385 g/mol. The third-order valence-corrected chi connectivity index (χ3v) is 5.36. The van der Waals surface area contributed by atoms with Crippen LogP contribution in [0.5, 0.6) is 0 Å². The number of nitrogens with zero attached hydrogens (tertiary/aromatic N) is 1. The normalized spacial score (nSPS) is 11.4. The summed E-state index contributed by atoms with van der Waals surface area (Å²) in [5.74, 6) is 0.0506. The highest BCUT2D eigenvalue weighted by Gasteiger charge is 2.15. The first-order valence-electron chi connectivity index (χ1n) is 8.45. The number of para-hydroxylation sites is 1. The van der Waals surface area contributed by atoms with E-state index in [1.54, 1.807) is 18.3 Å². The number of benzene rings is 2. The SMILES string of the molecule is CC(C)c1ccccc1Nc1ccc(NS(=O)(=O)c2ccc(F)cc2)nc1. The largest absolute Gasteiger partial charge is 0.354 e. The molecule has 27 heavy (non-hydrogen) atoms. The van der Waals surface area contributed by atoms with Crippen molar-refractivity contribution in [2.24, 2.45) is 0 Å². The summed E-state index contributed by atoms with van der Waals surface area (Å²) in [6.45, 7) is 4.23. The number of anilines is 3. The van der Waals surface area contributed by atoms with Gasteiger partial charge in [-0.05, 0) is 53.9 Å². The van der Waals surface area contributed by atoms with Gasteiger partial charge in [0.05, 0.1) is 16.8 Å². The topological polar surface area (TPSA) is 71.1 Å². The highest BCUT2D eigenvalue weighted by atomic mass is 32.2. The molecule has 3 rings (SSSR count). The maximum absolute atomic E-state index is 13.0. The minimum absolute atomic E-state index is 0.0289. The molecule has 0 radical (unpaired) electrons. The molecule has 0 unspecified atom stereocenters. The minimum Gasteiger partial charge on any atom is -0.354 e. The van der Waals surface area contributed by atoms with Crippen molar-refractivity contribution in [1.82, 2.24) is 4.98 Å². The number of hydrogen-bond donors (Lipinski definition) is 2. The van der Waals surface area contributed by atoms with Crippen LogP contribution < -0.4 is 10.0 Å². The van der Waals surface area contributed by atoms with Crippen molar-refractivity contribution in [2.75, 3.05) is 10.0 Å². The molecular weight excluding hydrogens is 365 g/mol. The summed E-state index contributed by atoms with van der Waals surface area (Å²) in [7, 11) is -3.82. The van der Waals surface area contributed by atoms with Gasteiger partial charge in [-0.1, -0.05) is 32.0 Å². The van der Waals surface area contributed by atoms with Crippen molar-refractivity contribution < 1.29 is 12.8 Å². The van der Waals surface area contributed by atoms with E-state index in [-0.39, 0.29) is 10.7 Å². The van der Waals surface area contributed by atoms with Gasteiger partial charge < -0.3 is 5.32 Å². The Labute approximate surface area is 158 Å². The molecule has 5 nitrogen and oxygen atoms in total. The molecule has 2 N–H and O–H groups in total. The van der Waals surface area contributed by atoms with Crippen LogP contribution in [0.2, 0.25) is 0 Å². The minimum atomic E-state index is -3.82. The number of rotatable bonds is 6. The Morgan fingerprint density at radius 3 is 2.30 bits per heavy atom. The Kier molecular flexibility index (Phi) is 5.41. The standard InChI is InChI=1S/C20H20FN3O2S/c1-14(2)18-5-3-4-6-19(18)23-16-9-12-20(22-13-16)24-27(25,26)17-10-7-15(21)8-11-17/h3-14,23H,1-2H3,(H,22,24). The monoisotopic (exact) mass is 385 g/mol. The Bertz CT molecular complexity index is 1020. The zero-order chi connectivity index (χ0) is 19.4. The number of halogens is 1. The second-order valence-corrected chi connectivity index (χ2v) is 8.04. The molecule has 0 amide bonds. The first kappa shape index (κ1) is 18.8. The summed E-state index contributed by atoms with van der Waals surface area (Å²) in [6, 6.07) is 15.9. The van der Waals surface area contributed by atoms with Crippen LogP contribution in [-0.2, 0) is 10.0 Å². The van der Waals surface area contributed by atoms with Gasteiger partial charge in [0, 0.05) is 5.69 Å². The number of hydrogen-bond acceptors (Lipinski definition) is 4. The van der Waals surface area contributed by atoms with E-state index in [2.05, 4.69) is 34.9 Å². The first-order chi connectivity index (χ1) is 12.8. The van der Waals surface area contributed by atoms with Crippen molar-refractivity contribution in [2.45, 2.75) is 24.7 Å². The molecule has 0 aliphatic rings. The Hall–Kier alpha value is -2.93. The number of aromatic nitrogens is 1. The predicted octanol–water partition coefficient (Wildman–Crippen LogP) is 4.89. The first-order valence-corrected chi connectivity index (χ1v) is 9.94. The highest BCUT2D eigenvalue weighted by Crippen LogP contribution is 2.27. The average Bonchev–Trinajstić information content (AvgIpc) is 2.64. The molecule has 0 spiro atoms. The van der Waals surface area contributed by atoms with Gasteiger partial charge in [0.15, 0.2) is 0 Å². The fraction of sp³-hybridized carbons (Fsp3) is 0.150. The predicted molar refractivity (Wildman–Crippen MR) is 105 cm³/mol. The summed E-state index contributed by atoms with van der Waals surface area (Å²) < 4.78 is 40.0. The van der Waals surface area contributed by atoms with E-state index in [4.69, 9.17) is 0 Å². The fourth-order valence-electron chi connectivity index (χ4n) is 2.61. The molecule has 140 valence electrons. The lowest BCUT2D eigenvalue weighted by Crippen LogP contribution is -2.13. The molecule has 0 fully saturated rings. The highest BCUT2D eigenvalue weighted by molar-refractivity contribution is 7.92. The van der Waals surface area contributed by atoms with Gasteiger partial charge in [0.2, 0.25) is 0 Å². The number of nitrogens with one attached hydrogen (secondary N) is 2. The molecule has 0 aliphatic carbocycles. The van der Waals surface area contributed by atoms with Crippen LogP contribution in [0.1, 0.15) is 25.3 Å². The molecule has 0 saturated carbocycles. The molecule has 3 aromatic rings. The second kappa shape index (κ2) is 7.75. The van der Waals surface area contributed by atoms with Crippen LogP contribution in [0.15, 0.2) is 71.8 Å². The van der Waals surface area contributed by atoms with E-state index in [9.17, 15) is 12.8 Å². The van der Waals surface area contributed by atoms with Gasteiger partial charge in [-0.3, -0.25) is 4.72 Å². The van der Waals surface area contributed by atoms with Crippen molar-refractivity contribution in [3.05, 3.63) is 78.2 Å². The Morgan fingerprint density at radius 2 is 1.67 bits per heavy atom. The van der Waals surface area contributed by atoms with Gasteiger partial charge in [0.25, 0.3) is 10.0 Å². The summed E-state index contributed by atoms with van der Waals surface area (Å²) in [5, 5.41) is 3.30. The summed E-state index contributed by atoms with van der Waals surface area (Å²) in [4.78, 5) is 4.12. The van der Waals surface area contributed by atoms with E-state index < -0.39 is 15.8 Å². The van der Waals surface area contributed by atoms with Gasteiger partial charge in [-0.25, -0.2) is 17.8 Å². The summed E-state index contributed by atoms with van der Waals surface area (Å²) in [5.41, 5.74) is 2.90. The van der Waals surface area contributed by atoms with Gasteiger partial charge in [-0.15, -0.1) is 0 Å². The van der Waals surface area contributed by atoms with E-state index in [0.717, 1.165) is 23.5 Å². The fourth-order valence-corrected chi connectivity index (χ4v) is 3.62. The van der Waals surface area contributed by atoms with Gasteiger partial charge in [-0.2, -0.15) is 0 Å². The lowest BCUT2D eigenvalue weighted by molar-refractivity contribution is 0.599. The van der Waals surface area contributed by atoms with Crippen LogP contribution in [0.25, 0.3) is 0 Å². The molecule has 2 aromatic carbocycles. The Morgan fingerprint density at radius 1 is 0.963 bits per heavy atom. The maximum Gasteiger partial charge on any atom is 0.263 e. The molecule has 0 saturated heterocycles. The zero-order valence-corrected chi connectivity index (χ0v) is 15.8. The lowest BCUT2D eigenvalue weighted by Gasteiger charge is -2.14. The lowest BCUT2D eigenvalue weighted by atomic mass is 10.0. The van der Waals surface area contributed by atoms with E-state index >= 15 is 0 Å². The molecule has 1 aromatic heterocycles.